The lowest BCUT2D eigenvalue weighted by molar-refractivity contribution is -0.142. The van der Waals surface area contributed by atoms with E-state index in [1.165, 1.54) is 22.3 Å². The van der Waals surface area contributed by atoms with Gasteiger partial charge in [0.1, 0.15) is 0 Å². The summed E-state index contributed by atoms with van der Waals surface area (Å²) < 4.78 is 0. The van der Waals surface area contributed by atoms with Crippen LogP contribution in [0.1, 0.15) is 28.7 Å². The van der Waals surface area contributed by atoms with Crippen LogP contribution in [0.2, 0.25) is 0 Å². The minimum atomic E-state index is -0.0242. The second-order valence-electron chi connectivity index (χ2n) is 9.86. The van der Waals surface area contributed by atoms with Gasteiger partial charge in [-0.1, -0.05) is 121 Å². The number of piperidine rings is 1. The summed E-state index contributed by atoms with van der Waals surface area (Å²) >= 11 is 0. The molecular formula is C33H34N2O. The van der Waals surface area contributed by atoms with Crippen molar-refractivity contribution in [3.63, 3.8) is 0 Å². The van der Waals surface area contributed by atoms with Crippen molar-refractivity contribution in [3.05, 3.63) is 144 Å². The summed E-state index contributed by atoms with van der Waals surface area (Å²) in [6, 6.07) is 42.5. The zero-order chi connectivity index (χ0) is 24.6. The molecule has 0 N–H and O–H groups in total. The standard InChI is InChI=1S/C33H34N2O/c36-33-31(21-27-13-5-1-6-14-27)22-32(26-35(33)25-30-19-11-4-12-20-30)34(23-28-15-7-2-8-16-28)24-29-17-9-3-10-18-29/h1-20,31-32H,21-26H2/t31-,32+/m1/s1. The van der Waals surface area contributed by atoms with Gasteiger partial charge in [0, 0.05) is 38.1 Å². The van der Waals surface area contributed by atoms with Crippen LogP contribution in [-0.4, -0.2) is 28.3 Å². The Kier molecular flexibility index (Phi) is 7.89. The highest BCUT2D eigenvalue weighted by Gasteiger charge is 2.37. The molecule has 0 aliphatic carbocycles. The van der Waals surface area contributed by atoms with E-state index in [0.29, 0.717) is 6.54 Å². The van der Waals surface area contributed by atoms with Crippen molar-refractivity contribution in [2.24, 2.45) is 5.92 Å². The zero-order valence-electron chi connectivity index (χ0n) is 20.7. The van der Waals surface area contributed by atoms with Gasteiger partial charge < -0.3 is 4.90 Å². The van der Waals surface area contributed by atoms with Gasteiger partial charge in [0.15, 0.2) is 0 Å². The molecule has 3 heteroatoms. The van der Waals surface area contributed by atoms with Crippen LogP contribution in [0.4, 0.5) is 0 Å². The lowest BCUT2D eigenvalue weighted by Gasteiger charge is -2.43. The minimum absolute atomic E-state index is 0.0242. The Bertz CT molecular complexity index is 1120. The highest BCUT2D eigenvalue weighted by molar-refractivity contribution is 5.80. The Morgan fingerprint density at radius 1 is 0.611 bits per heavy atom. The minimum Gasteiger partial charge on any atom is -0.337 e. The summed E-state index contributed by atoms with van der Waals surface area (Å²) in [6.07, 6.45) is 1.66. The molecule has 5 rings (SSSR count). The monoisotopic (exact) mass is 474 g/mol. The smallest absolute Gasteiger partial charge is 0.226 e. The van der Waals surface area contributed by atoms with Crippen LogP contribution in [0.25, 0.3) is 0 Å². The first kappa shape index (κ1) is 24.0. The summed E-state index contributed by atoms with van der Waals surface area (Å²) in [7, 11) is 0. The molecule has 36 heavy (non-hydrogen) atoms. The molecule has 0 aromatic heterocycles. The van der Waals surface area contributed by atoms with Gasteiger partial charge in [0.05, 0.1) is 0 Å². The number of benzene rings is 4. The van der Waals surface area contributed by atoms with E-state index in [1.54, 1.807) is 0 Å². The fourth-order valence-electron chi connectivity index (χ4n) is 5.34. The molecule has 1 fully saturated rings. The van der Waals surface area contributed by atoms with Crippen LogP contribution >= 0.6 is 0 Å². The highest BCUT2D eigenvalue weighted by Crippen LogP contribution is 2.29. The fraction of sp³-hybridized carbons (Fsp3) is 0.242. The summed E-state index contributed by atoms with van der Waals surface area (Å²) in [4.78, 5) is 18.4. The van der Waals surface area contributed by atoms with Crippen molar-refractivity contribution in [1.29, 1.82) is 0 Å². The van der Waals surface area contributed by atoms with E-state index in [-0.39, 0.29) is 17.9 Å². The number of carbonyl (C=O) groups excluding carboxylic acids is 1. The number of rotatable bonds is 9. The van der Waals surface area contributed by atoms with Crippen LogP contribution in [0, 0.1) is 5.92 Å². The molecule has 0 radical (unpaired) electrons. The molecule has 0 bridgehead atoms. The van der Waals surface area contributed by atoms with E-state index in [0.717, 1.165) is 32.5 Å². The molecule has 0 unspecified atom stereocenters. The number of amides is 1. The molecule has 1 aliphatic heterocycles. The second-order valence-corrected chi connectivity index (χ2v) is 9.86. The van der Waals surface area contributed by atoms with Crippen LogP contribution in [0.15, 0.2) is 121 Å². The summed E-state index contributed by atoms with van der Waals surface area (Å²) in [5.74, 6) is 0.252. The maximum Gasteiger partial charge on any atom is 0.226 e. The lowest BCUT2D eigenvalue weighted by Crippen LogP contribution is -2.53. The molecule has 3 nitrogen and oxygen atoms in total. The van der Waals surface area contributed by atoms with Crippen LogP contribution < -0.4 is 0 Å². The highest BCUT2D eigenvalue weighted by atomic mass is 16.2. The molecule has 182 valence electrons. The maximum absolute atomic E-state index is 13.7. The average molecular weight is 475 g/mol. The predicted octanol–water partition coefficient (Wildman–Crippen LogP) is 6.35. The second kappa shape index (κ2) is 11.8. The van der Waals surface area contributed by atoms with Crippen molar-refractivity contribution in [1.82, 2.24) is 9.80 Å². The molecule has 4 aromatic carbocycles. The first-order chi connectivity index (χ1) is 17.7. The topological polar surface area (TPSA) is 23.6 Å². The van der Waals surface area contributed by atoms with Gasteiger partial charge in [0.2, 0.25) is 5.91 Å². The molecule has 1 heterocycles. The molecule has 1 amide bonds. The molecule has 4 aromatic rings. The molecule has 0 spiro atoms. The molecule has 0 saturated carbocycles. The maximum atomic E-state index is 13.7. The van der Waals surface area contributed by atoms with Crippen LogP contribution in [-0.2, 0) is 30.8 Å². The Morgan fingerprint density at radius 2 is 1.06 bits per heavy atom. The van der Waals surface area contributed by atoms with Crippen LogP contribution in [0.3, 0.4) is 0 Å². The average Bonchev–Trinajstić information content (AvgIpc) is 2.93. The zero-order valence-corrected chi connectivity index (χ0v) is 20.7. The van der Waals surface area contributed by atoms with E-state index in [2.05, 4.69) is 119 Å². The van der Waals surface area contributed by atoms with Gasteiger partial charge in [-0.3, -0.25) is 9.69 Å². The van der Waals surface area contributed by atoms with Crippen molar-refractivity contribution < 1.29 is 4.79 Å². The van der Waals surface area contributed by atoms with Gasteiger partial charge in [-0.25, -0.2) is 0 Å². The van der Waals surface area contributed by atoms with Gasteiger partial charge in [-0.05, 0) is 35.1 Å². The predicted molar refractivity (Wildman–Crippen MR) is 146 cm³/mol. The number of hydrogen-bond donors (Lipinski definition) is 0. The third kappa shape index (κ3) is 6.30. The van der Waals surface area contributed by atoms with Crippen molar-refractivity contribution in [2.45, 2.75) is 38.5 Å². The molecule has 2 atom stereocenters. The SMILES string of the molecule is O=C1[C@H](Cc2ccccc2)C[C@H](N(Cc2ccccc2)Cc2ccccc2)CN1Cc1ccccc1. The summed E-state index contributed by atoms with van der Waals surface area (Å²) in [5, 5.41) is 0. The van der Waals surface area contributed by atoms with Gasteiger partial charge >= 0.3 is 0 Å². The fourth-order valence-corrected chi connectivity index (χ4v) is 5.34. The quantitative estimate of drug-likeness (QED) is 0.282. The van der Waals surface area contributed by atoms with Gasteiger partial charge in [-0.15, -0.1) is 0 Å². The summed E-state index contributed by atoms with van der Waals surface area (Å²) in [6.45, 7) is 3.14. The molecule has 1 aliphatic rings. The largest absolute Gasteiger partial charge is 0.337 e. The first-order valence-corrected chi connectivity index (χ1v) is 12.9. The summed E-state index contributed by atoms with van der Waals surface area (Å²) in [5.41, 5.74) is 5.02. The van der Waals surface area contributed by atoms with E-state index < -0.39 is 0 Å². The molecule has 1 saturated heterocycles. The number of carbonyl (C=O) groups is 1. The normalized spacial score (nSPS) is 17.9. The number of nitrogens with zero attached hydrogens (tertiary/aromatic N) is 2. The van der Waals surface area contributed by atoms with E-state index >= 15 is 0 Å². The Balaban J connectivity index is 1.43. The Hall–Kier alpha value is -3.69. The van der Waals surface area contributed by atoms with Crippen LogP contribution in [0.5, 0.6) is 0 Å². The number of hydrogen-bond acceptors (Lipinski definition) is 2. The first-order valence-electron chi connectivity index (χ1n) is 12.9. The van der Waals surface area contributed by atoms with Gasteiger partial charge in [-0.2, -0.15) is 0 Å². The van der Waals surface area contributed by atoms with Gasteiger partial charge in [0.25, 0.3) is 0 Å². The van der Waals surface area contributed by atoms with E-state index in [4.69, 9.17) is 0 Å². The van der Waals surface area contributed by atoms with Crippen molar-refractivity contribution in [2.75, 3.05) is 6.54 Å². The van der Waals surface area contributed by atoms with E-state index in [1.807, 2.05) is 12.1 Å². The molecular weight excluding hydrogens is 440 g/mol. The Morgan fingerprint density at radius 3 is 1.56 bits per heavy atom. The lowest BCUT2D eigenvalue weighted by atomic mass is 9.86. The third-order valence-electron chi connectivity index (χ3n) is 7.16. The Labute approximate surface area is 215 Å². The van der Waals surface area contributed by atoms with Crippen molar-refractivity contribution in [3.8, 4) is 0 Å². The van der Waals surface area contributed by atoms with E-state index in [9.17, 15) is 4.79 Å². The van der Waals surface area contributed by atoms with Crippen molar-refractivity contribution >= 4 is 5.91 Å². The number of likely N-dealkylation sites (tertiary alicyclic amines) is 1. The third-order valence-corrected chi connectivity index (χ3v) is 7.16.